The highest BCUT2D eigenvalue weighted by atomic mass is 16.2. The summed E-state index contributed by atoms with van der Waals surface area (Å²) in [7, 11) is 3.71. The van der Waals surface area contributed by atoms with Crippen LogP contribution in [0.5, 0.6) is 0 Å². The number of H-pyrrole nitrogens is 1. The molecule has 0 aromatic carbocycles. The smallest absolute Gasteiger partial charge is 0.237 e. The van der Waals surface area contributed by atoms with Crippen LogP contribution in [0.2, 0.25) is 0 Å². The predicted molar refractivity (Wildman–Crippen MR) is 130 cm³/mol. The number of aromatic nitrogens is 6. The summed E-state index contributed by atoms with van der Waals surface area (Å²) in [5, 5.41) is 21.4. The molecule has 2 fully saturated rings. The van der Waals surface area contributed by atoms with Gasteiger partial charge in [-0.25, -0.2) is 4.98 Å². The van der Waals surface area contributed by atoms with Gasteiger partial charge in [-0.3, -0.25) is 14.6 Å². The quantitative estimate of drug-likeness (QED) is 0.419. The number of piperidine rings is 2. The fourth-order valence-corrected chi connectivity index (χ4v) is 5.22. The molecule has 180 valence electrons. The maximum atomic E-state index is 12.7. The minimum absolute atomic E-state index is 0.200. The van der Waals surface area contributed by atoms with Crippen molar-refractivity contribution in [1.82, 2.24) is 40.2 Å². The van der Waals surface area contributed by atoms with Gasteiger partial charge in [0.05, 0.1) is 18.4 Å². The Bertz CT molecular complexity index is 1140. The Morgan fingerprint density at radius 3 is 2.62 bits per heavy atom. The second-order valence-electron chi connectivity index (χ2n) is 9.31. The van der Waals surface area contributed by atoms with Crippen molar-refractivity contribution >= 4 is 23.5 Å². The molecule has 2 saturated heterocycles. The molecule has 11 nitrogen and oxygen atoms in total. The summed E-state index contributed by atoms with van der Waals surface area (Å²) < 4.78 is 1.76. The van der Waals surface area contributed by atoms with Crippen molar-refractivity contribution in [3.63, 3.8) is 0 Å². The topological polar surface area (TPSA) is 129 Å². The number of amides is 1. The van der Waals surface area contributed by atoms with Crippen molar-refractivity contribution < 1.29 is 4.79 Å². The van der Waals surface area contributed by atoms with E-state index in [0.717, 1.165) is 42.6 Å². The molecule has 3 aromatic rings. The Labute approximate surface area is 198 Å². The number of fused-ring (bicyclic) bond motifs is 2. The molecular formula is C23H32N10O. The van der Waals surface area contributed by atoms with Crippen molar-refractivity contribution in [2.24, 2.45) is 7.05 Å². The van der Waals surface area contributed by atoms with Crippen LogP contribution >= 0.6 is 0 Å². The van der Waals surface area contributed by atoms with Crippen molar-refractivity contribution in [3.05, 3.63) is 30.2 Å². The molecule has 0 aliphatic carbocycles. The average molecular weight is 465 g/mol. The minimum Gasteiger partial charge on any atom is -0.351 e. The van der Waals surface area contributed by atoms with Crippen LogP contribution < -0.4 is 16.0 Å². The minimum atomic E-state index is 0.200. The van der Waals surface area contributed by atoms with Crippen LogP contribution in [0.3, 0.4) is 0 Å². The van der Waals surface area contributed by atoms with E-state index in [0.29, 0.717) is 24.1 Å². The van der Waals surface area contributed by atoms with Crippen LogP contribution in [0.25, 0.3) is 11.3 Å². The molecule has 3 aromatic heterocycles. The van der Waals surface area contributed by atoms with E-state index in [1.54, 1.807) is 10.9 Å². The van der Waals surface area contributed by atoms with Gasteiger partial charge in [0.15, 0.2) is 5.82 Å². The van der Waals surface area contributed by atoms with E-state index in [9.17, 15) is 4.79 Å². The number of carbonyl (C=O) groups excluding carboxylic acids is 1. The first-order chi connectivity index (χ1) is 16.5. The summed E-state index contributed by atoms with van der Waals surface area (Å²) in [6, 6.07) is 4.56. The standard InChI is InChI=1S/C23H32N10O/c1-14-7-21(31-30-14)28-20-10-19(15-11-25-32(3)13-15)27-23(29-20)26-16-8-17-5-4-6-18(9-16)33(17)22(34)12-24-2/h7,10-11,13,16-18,24H,4-6,8-9,12H2,1-3H3,(H3,26,27,28,29,30,31)/t16?,17-,18+. The normalized spacial score (nSPS) is 22.0. The lowest BCUT2D eigenvalue weighted by molar-refractivity contribution is -0.139. The molecule has 1 amide bonds. The number of rotatable bonds is 7. The van der Waals surface area contributed by atoms with Gasteiger partial charge in [-0.15, -0.1) is 0 Å². The SMILES string of the molecule is CNCC(=O)N1[C@@H]2CCC[C@H]1CC(Nc1nc(Nc3cc(C)[nH]n3)cc(-c3cnn(C)c3)n1)C2. The second-order valence-corrected chi connectivity index (χ2v) is 9.31. The molecule has 0 saturated carbocycles. The van der Waals surface area contributed by atoms with Gasteiger partial charge in [0.25, 0.3) is 0 Å². The molecule has 3 atom stereocenters. The van der Waals surface area contributed by atoms with Crippen LogP contribution in [0.15, 0.2) is 24.5 Å². The van der Waals surface area contributed by atoms with Crippen molar-refractivity contribution in [2.75, 3.05) is 24.2 Å². The van der Waals surface area contributed by atoms with Crippen LogP contribution in [0.4, 0.5) is 17.6 Å². The van der Waals surface area contributed by atoms with Crippen LogP contribution in [0.1, 0.15) is 37.8 Å². The molecule has 5 heterocycles. The zero-order valence-corrected chi connectivity index (χ0v) is 19.9. The Morgan fingerprint density at radius 2 is 1.97 bits per heavy atom. The van der Waals surface area contributed by atoms with Gasteiger partial charge in [0.2, 0.25) is 11.9 Å². The van der Waals surface area contributed by atoms with E-state index in [4.69, 9.17) is 9.97 Å². The molecule has 11 heteroatoms. The van der Waals surface area contributed by atoms with Gasteiger partial charge in [0.1, 0.15) is 5.82 Å². The van der Waals surface area contributed by atoms with Crippen LogP contribution in [-0.4, -0.2) is 72.5 Å². The number of nitrogens with zero attached hydrogens (tertiary/aromatic N) is 6. The molecule has 2 bridgehead atoms. The monoisotopic (exact) mass is 464 g/mol. The fraction of sp³-hybridized carbons (Fsp3) is 0.522. The highest BCUT2D eigenvalue weighted by molar-refractivity contribution is 5.79. The lowest BCUT2D eigenvalue weighted by atomic mass is 9.81. The molecule has 2 aliphatic rings. The Hall–Kier alpha value is -3.47. The first kappa shape index (κ1) is 22.3. The average Bonchev–Trinajstić information content (AvgIpc) is 3.41. The lowest BCUT2D eigenvalue weighted by Crippen LogP contribution is -2.58. The molecule has 0 spiro atoms. The number of anilines is 3. The summed E-state index contributed by atoms with van der Waals surface area (Å²) in [5.41, 5.74) is 2.66. The molecule has 34 heavy (non-hydrogen) atoms. The van der Waals surface area contributed by atoms with E-state index in [1.165, 1.54) is 6.42 Å². The van der Waals surface area contributed by atoms with Gasteiger partial charge in [-0.1, -0.05) is 0 Å². The van der Waals surface area contributed by atoms with E-state index in [1.807, 2.05) is 39.3 Å². The van der Waals surface area contributed by atoms with E-state index in [2.05, 4.69) is 36.1 Å². The van der Waals surface area contributed by atoms with Gasteiger partial charge < -0.3 is 20.9 Å². The number of hydrogen-bond acceptors (Lipinski definition) is 8. The third-order valence-corrected chi connectivity index (χ3v) is 6.61. The van der Waals surface area contributed by atoms with E-state index < -0.39 is 0 Å². The molecule has 2 aliphatic heterocycles. The summed E-state index contributed by atoms with van der Waals surface area (Å²) in [4.78, 5) is 24.4. The van der Waals surface area contributed by atoms with Crippen molar-refractivity contribution in [2.45, 2.75) is 57.2 Å². The van der Waals surface area contributed by atoms with Gasteiger partial charge in [0, 0.05) is 54.8 Å². The maximum absolute atomic E-state index is 12.7. The van der Waals surface area contributed by atoms with Gasteiger partial charge >= 0.3 is 0 Å². The Balaban J connectivity index is 1.38. The zero-order chi connectivity index (χ0) is 23.7. The maximum Gasteiger partial charge on any atom is 0.237 e. The number of likely N-dealkylation sites (N-methyl/N-ethyl adjacent to an activating group) is 1. The Kier molecular flexibility index (Phi) is 6.18. The van der Waals surface area contributed by atoms with Gasteiger partial charge in [-0.05, 0) is 46.1 Å². The fourth-order valence-electron chi connectivity index (χ4n) is 5.22. The van der Waals surface area contributed by atoms with Gasteiger partial charge in [-0.2, -0.15) is 15.2 Å². The first-order valence-corrected chi connectivity index (χ1v) is 11.9. The van der Waals surface area contributed by atoms with E-state index in [-0.39, 0.29) is 24.0 Å². The third kappa shape index (κ3) is 4.74. The first-order valence-electron chi connectivity index (χ1n) is 11.9. The summed E-state index contributed by atoms with van der Waals surface area (Å²) in [6.45, 7) is 2.35. The van der Waals surface area contributed by atoms with Crippen LogP contribution in [0, 0.1) is 6.92 Å². The molecular weight excluding hydrogens is 432 g/mol. The van der Waals surface area contributed by atoms with E-state index >= 15 is 0 Å². The van der Waals surface area contributed by atoms with Crippen molar-refractivity contribution in [3.8, 4) is 11.3 Å². The third-order valence-electron chi connectivity index (χ3n) is 6.61. The zero-order valence-electron chi connectivity index (χ0n) is 19.9. The summed E-state index contributed by atoms with van der Waals surface area (Å²) in [6.07, 6.45) is 8.80. The van der Waals surface area contributed by atoms with Crippen molar-refractivity contribution in [1.29, 1.82) is 0 Å². The summed E-state index contributed by atoms with van der Waals surface area (Å²) in [5.74, 6) is 2.12. The lowest BCUT2D eigenvalue weighted by Gasteiger charge is -2.49. The second kappa shape index (κ2) is 9.41. The number of carbonyl (C=O) groups is 1. The van der Waals surface area contributed by atoms with Crippen LogP contribution in [-0.2, 0) is 11.8 Å². The Morgan fingerprint density at radius 1 is 1.18 bits per heavy atom. The largest absolute Gasteiger partial charge is 0.351 e. The highest BCUT2D eigenvalue weighted by Gasteiger charge is 2.40. The number of aromatic amines is 1. The predicted octanol–water partition coefficient (Wildman–Crippen LogP) is 2.20. The molecule has 0 radical (unpaired) electrons. The summed E-state index contributed by atoms with van der Waals surface area (Å²) >= 11 is 0. The highest BCUT2D eigenvalue weighted by Crippen LogP contribution is 2.35. The number of hydrogen-bond donors (Lipinski definition) is 4. The number of aryl methyl sites for hydroxylation is 2. The number of nitrogens with one attached hydrogen (secondary N) is 4. The molecule has 5 rings (SSSR count). The molecule has 4 N–H and O–H groups in total. The molecule has 1 unspecified atom stereocenters.